The lowest BCUT2D eigenvalue weighted by atomic mass is 10.1. The molecule has 0 saturated carbocycles. The molecule has 0 saturated heterocycles. The molecule has 1 amide bonds. The number of carbonyl (C=O) groups is 1. The normalized spacial score (nSPS) is 15.1. The number of halogens is 1. The van der Waals surface area contributed by atoms with E-state index in [9.17, 15) is 4.79 Å². The lowest BCUT2D eigenvalue weighted by Gasteiger charge is -2.27. The highest BCUT2D eigenvalue weighted by Gasteiger charge is 2.23. The molecule has 4 heteroatoms. The van der Waals surface area contributed by atoms with Gasteiger partial charge in [0, 0.05) is 11.5 Å². The Morgan fingerprint density at radius 3 is 2.93 bits per heavy atom. The van der Waals surface area contributed by atoms with Crippen molar-refractivity contribution in [2.24, 2.45) is 0 Å². The highest BCUT2D eigenvalue weighted by molar-refractivity contribution is 9.10. The number of anilines is 1. The second-order valence-electron chi connectivity index (χ2n) is 3.31. The van der Waals surface area contributed by atoms with Crippen molar-refractivity contribution in [3.63, 3.8) is 0 Å². The molecule has 2 rings (SSSR count). The van der Waals surface area contributed by atoms with E-state index in [2.05, 4.69) is 15.9 Å². The fraction of sp³-hybridized carbons (Fsp3) is 0.300. The average Bonchev–Trinajstić information content (AvgIpc) is 2.12. The third-order valence-corrected chi connectivity index (χ3v) is 2.75. The number of ether oxygens (including phenoxy) is 1. The lowest BCUT2D eigenvalue weighted by molar-refractivity contribution is -0.120. The highest BCUT2D eigenvalue weighted by atomic mass is 79.9. The van der Waals surface area contributed by atoms with Gasteiger partial charge in [0.1, 0.15) is 5.75 Å². The lowest BCUT2D eigenvalue weighted by Crippen LogP contribution is -2.35. The molecule has 0 unspecified atom stereocenters. The van der Waals surface area contributed by atoms with Crippen LogP contribution in [0.4, 0.5) is 5.69 Å². The van der Waals surface area contributed by atoms with Gasteiger partial charge in [0.05, 0.1) is 5.69 Å². The number of likely N-dealkylation sites (N-methyl/N-ethyl adjacent to an activating group) is 1. The molecule has 0 spiro atoms. The number of nitrogens with zero attached hydrogens (tertiary/aromatic N) is 1. The molecule has 0 N–H and O–H groups in total. The molecule has 1 aliphatic heterocycles. The summed E-state index contributed by atoms with van der Waals surface area (Å²) in [5.74, 6) is 0.783. The van der Waals surface area contributed by atoms with Gasteiger partial charge in [-0.05, 0) is 24.6 Å². The first-order valence-corrected chi connectivity index (χ1v) is 5.08. The standard InChI is InChI=1S/C10H10BrNO2/c1-6-3-7(11)4-8-10(6)14-5-9(13)12(8)2/h3-4H,5H2,1-2H3. The summed E-state index contributed by atoms with van der Waals surface area (Å²) in [6.07, 6.45) is 0. The average molecular weight is 256 g/mol. The summed E-state index contributed by atoms with van der Waals surface area (Å²) in [7, 11) is 1.76. The fourth-order valence-electron chi connectivity index (χ4n) is 1.51. The van der Waals surface area contributed by atoms with Crippen molar-refractivity contribution in [3.05, 3.63) is 22.2 Å². The maximum Gasteiger partial charge on any atom is 0.264 e. The Morgan fingerprint density at radius 1 is 1.50 bits per heavy atom. The molecule has 1 aromatic rings. The molecule has 0 fully saturated rings. The van der Waals surface area contributed by atoms with Gasteiger partial charge in [-0.15, -0.1) is 0 Å². The molecule has 3 nitrogen and oxygen atoms in total. The summed E-state index contributed by atoms with van der Waals surface area (Å²) in [4.78, 5) is 13.0. The largest absolute Gasteiger partial charge is 0.481 e. The topological polar surface area (TPSA) is 29.5 Å². The van der Waals surface area contributed by atoms with E-state index >= 15 is 0 Å². The summed E-state index contributed by atoms with van der Waals surface area (Å²) in [6.45, 7) is 2.10. The van der Waals surface area contributed by atoms with Crippen LogP contribution < -0.4 is 9.64 Å². The minimum absolute atomic E-state index is 0.0185. The van der Waals surface area contributed by atoms with Gasteiger partial charge in [-0.2, -0.15) is 0 Å². The van der Waals surface area contributed by atoms with Gasteiger partial charge < -0.3 is 9.64 Å². The summed E-state index contributed by atoms with van der Waals surface area (Å²) in [6, 6.07) is 3.86. The quantitative estimate of drug-likeness (QED) is 0.711. The number of benzene rings is 1. The molecule has 14 heavy (non-hydrogen) atoms. The smallest absolute Gasteiger partial charge is 0.264 e. The van der Waals surface area contributed by atoms with Crippen molar-refractivity contribution < 1.29 is 9.53 Å². The number of fused-ring (bicyclic) bond motifs is 1. The number of amides is 1. The minimum atomic E-state index is -0.0185. The van der Waals surface area contributed by atoms with Gasteiger partial charge in [-0.1, -0.05) is 15.9 Å². The van der Waals surface area contributed by atoms with E-state index in [4.69, 9.17) is 4.74 Å². The Morgan fingerprint density at radius 2 is 2.21 bits per heavy atom. The van der Waals surface area contributed by atoms with Gasteiger partial charge in [-0.3, -0.25) is 4.79 Å². The molecular weight excluding hydrogens is 246 g/mol. The van der Waals surface area contributed by atoms with E-state index in [1.165, 1.54) is 0 Å². The Balaban J connectivity index is 2.59. The van der Waals surface area contributed by atoms with E-state index in [0.29, 0.717) is 0 Å². The molecule has 0 aromatic heterocycles. The van der Waals surface area contributed by atoms with Crippen LogP contribution in [0.5, 0.6) is 5.75 Å². The van der Waals surface area contributed by atoms with E-state index in [-0.39, 0.29) is 12.5 Å². The maximum absolute atomic E-state index is 11.4. The zero-order valence-corrected chi connectivity index (χ0v) is 9.59. The first-order chi connectivity index (χ1) is 6.59. The van der Waals surface area contributed by atoms with Crippen LogP contribution in [0.3, 0.4) is 0 Å². The third-order valence-electron chi connectivity index (χ3n) is 2.30. The van der Waals surface area contributed by atoms with Crippen LogP contribution >= 0.6 is 15.9 Å². The van der Waals surface area contributed by atoms with Crippen molar-refractivity contribution in [2.75, 3.05) is 18.6 Å². The maximum atomic E-state index is 11.4. The number of hydrogen-bond acceptors (Lipinski definition) is 2. The first-order valence-electron chi connectivity index (χ1n) is 4.29. The fourth-order valence-corrected chi connectivity index (χ4v) is 2.07. The molecule has 1 heterocycles. The van der Waals surface area contributed by atoms with Crippen molar-refractivity contribution >= 4 is 27.5 Å². The van der Waals surface area contributed by atoms with Gasteiger partial charge in [0.15, 0.2) is 6.61 Å². The molecule has 0 aliphatic carbocycles. The number of rotatable bonds is 0. The minimum Gasteiger partial charge on any atom is -0.481 e. The van der Waals surface area contributed by atoms with E-state index in [1.54, 1.807) is 11.9 Å². The van der Waals surface area contributed by atoms with Crippen molar-refractivity contribution in [3.8, 4) is 5.75 Å². The van der Waals surface area contributed by atoms with Crippen molar-refractivity contribution in [1.29, 1.82) is 0 Å². The van der Waals surface area contributed by atoms with E-state index in [1.807, 2.05) is 19.1 Å². The zero-order chi connectivity index (χ0) is 10.3. The zero-order valence-electron chi connectivity index (χ0n) is 8.00. The van der Waals surface area contributed by atoms with Gasteiger partial charge in [-0.25, -0.2) is 0 Å². The van der Waals surface area contributed by atoms with Crippen molar-refractivity contribution in [2.45, 2.75) is 6.92 Å². The Hall–Kier alpha value is -1.03. The van der Waals surface area contributed by atoms with Gasteiger partial charge in [0.25, 0.3) is 5.91 Å². The molecular formula is C10H10BrNO2. The van der Waals surface area contributed by atoms with Gasteiger partial charge in [0.2, 0.25) is 0 Å². The number of aryl methyl sites for hydroxylation is 1. The van der Waals surface area contributed by atoms with Crippen molar-refractivity contribution in [1.82, 2.24) is 0 Å². The molecule has 0 radical (unpaired) electrons. The van der Waals surface area contributed by atoms with Crippen LogP contribution in [0.1, 0.15) is 5.56 Å². The van der Waals surface area contributed by atoms with E-state index < -0.39 is 0 Å². The molecule has 1 aromatic carbocycles. The predicted octanol–water partition coefficient (Wildman–Crippen LogP) is 2.11. The number of hydrogen-bond donors (Lipinski definition) is 0. The Bertz CT molecular complexity index is 403. The summed E-state index contributed by atoms with van der Waals surface area (Å²) < 4.78 is 6.34. The predicted molar refractivity (Wildman–Crippen MR) is 57.8 cm³/mol. The Labute approximate surface area is 90.8 Å². The second-order valence-corrected chi connectivity index (χ2v) is 4.23. The molecule has 0 atom stereocenters. The molecule has 74 valence electrons. The van der Waals surface area contributed by atoms with Crippen LogP contribution in [0.2, 0.25) is 0 Å². The van der Waals surface area contributed by atoms with Crippen LogP contribution in [-0.2, 0) is 4.79 Å². The Kier molecular flexibility index (Phi) is 2.23. The van der Waals surface area contributed by atoms with Crippen LogP contribution in [-0.4, -0.2) is 19.6 Å². The molecule has 0 bridgehead atoms. The van der Waals surface area contributed by atoms with Crippen LogP contribution in [0.25, 0.3) is 0 Å². The summed E-state index contributed by atoms with van der Waals surface area (Å²) in [5.41, 5.74) is 1.86. The number of carbonyl (C=O) groups excluding carboxylic acids is 1. The van der Waals surface area contributed by atoms with Crippen LogP contribution in [0, 0.1) is 6.92 Å². The van der Waals surface area contributed by atoms with Gasteiger partial charge >= 0.3 is 0 Å². The monoisotopic (exact) mass is 255 g/mol. The highest BCUT2D eigenvalue weighted by Crippen LogP contribution is 2.36. The van der Waals surface area contributed by atoms with E-state index in [0.717, 1.165) is 21.5 Å². The second kappa shape index (κ2) is 3.28. The summed E-state index contributed by atoms with van der Waals surface area (Å²) >= 11 is 3.40. The molecule has 1 aliphatic rings. The summed E-state index contributed by atoms with van der Waals surface area (Å²) in [5, 5.41) is 0. The van der Waals surface area contributed by atoms with Crippen LogP contribution in [0.15, 0.2) is 16.6 Å². The first kappa shape index (κ1) is 9.52. The SMILES string of the molecule is Cc1cc(Br)cc2c1OCC(=O)N2C. The third kappa shape index (κ3) is 1.39.